The highest BCUT2D eigenvalue weighted by molar-refractivity contribution is 4.88. The number of rotatable bonds is 4. The third kappa shape index (κ3) is 2.98. The van der Waals surface area contributed by atoms with Gasteiger partial charge in [-0.1, -0.05) is 20.3 Å². The Bertz CT molecular complexity index is 205. The summed E-state index contributed by atoms with van der Waals surface area (Å²) in [4.78, 5) is 2.77. The van der Waals surface area contributed by atoms with Crippen molar-refractivity contribution in [1.29, 1.82) is 0 Å². The first-order valence-corrected chi connectivity index (χ1v) is 7.28. The van der Waals surface area contributed by atoms with Crippen LogP contribution in [0.3, 0.4) is 0 Å². The summed E-state index contributed by atoms with van der Waals surface area (Å²) >= 11 is 0. The molecule has 2 aliphatic rings. The molecule has 1 saturated heterocycles. The van der Waals surface area contributed by atoms with Crippen molar-refractivity contribution in [1.82, 2.24) is 10.2 Å². The van der Waals surface area contributed by atoms with E-state index in [1.165, 1.54) is 58.2 Å². The fourth-order valence-corrected chi connectivity index (χ4v) is 3.49. The van der Waals surface area contributed by atoms with Gasteiger partial charge >= 0.3 is 0 Å². The Kier molecular flexibility index (Phi) is 4.66. The van der Waals surface area contributed by atoms with Crippen LogP contribution in [0.1, 0.15) is 52.4 Å². The predicted molar refractivity (Wildman–Crippen MR) is 69.7 cm³/mol. The van der Waals surface area contributed by atoms with Crippen molar-refractivity contribution in [2.45, 2.75) is 64.5 Å². The number of hydrogen-bond donors (Lipinski definition) is 1. The van der Waals surface area contributed by atoms with E-state index in [9.17, 15) is 0 Å². The maximum Gasteiger partial charge on any atom is 0.0195 e. The van der Waals surface area contributed by atoms with Crippen LogP contribution in [0.15, 0.2) is 0 Å². The Labute approximate surface area is 101 Å². The lowest BCUT2D eigenvalue weighted by Gasteiger charge is -2.39. The summed E-state index contributed by atoms with van der Waals surface area (Å²) in [6.45, 7) is 8.54. The summed E-state index contributed by atoms with van der Waals surface area (Å²) in [5.41, 5.74) is 0. The van der Waals surface area contributed by atoms with E-state index in [1.807, 2.05) is 0 Å². The molecule has 0 aromatic carbocycles. The molecule has 0 amide bonds. The van der Waals surface area contributed by atoms with E-state index in [2.05, 4.69) is 24.1 Å². The van der Waals surface area contributed by atoms with Gasteiger partial charge < -0.3 is 5.32 Å². The van der Waals surface area contributed by atoms with E-state index in [0.717, 1.165) is 18.0 Å². The lowest BCUT2D eigenvalue weighted by Crippen LogP contribution is -2.50. The van der Waals surface area contributed by atoms with Crippen molar-refractivity contribution in [3.63, 3.8) is 0 Å². The summed E-state index contributed by atoms with van der Waals surface area (Å²) in [7, 11) is 0. The van der Waals surface area contributed by atoms with Crippen LogP contribution < -0.4 is 5.32 Å². The summed E-state index contributed by atoms with van der Waals surface area (Å²) in [6.07, 6.45) is 8.39. The van der Waals surface area contributed by atoms with E-state index in [4.69, 9.17) is 0 Å². The maximum atomic E-state index is 3.70. The zero-order valence-corrected chi connectivity index (χ0v) is 11.0. The van der Waals surface area contributed by atoms with Crippen molar-refractivity contribution >= 4 is 0 Å². The van der Waals surface area contributed by atoms with Gasteiger partial charge in [-0.25, -0.2) is 0 Å². The van der Waals surface area contributed by atoms with Crippen LogP contribution in [-0.2, 0) is 0 Å². The average Bonchev–Trinajstić information content (AvgIpc) is 2.73. The Hall–Kier alpha value is -0.0800. The Morgan fingerprint density at radius 1 is 1.19 bits per heavy atom. The number of likely N-dealkylation sites (tertiary alicyclic amines) is 1. The van der Waals surface area contributed by atoms with Crippen LogP contribution in [0.4, 0.5) is 0 Å². The van der Waals surface area contributed by atoms with Gasteiger partial charge in [-0.2, -0.15) is 0 Å². The van der Waals surface area contributed by atoms with Crippen LogP contribution in [0.25, 0.3) is 0 Å². The first-order chi connectivity index (χ1) is 7.81. The third-order valence-corrected chi connectivity index (χ3v) is 4.42. The molecule has 94 valence electrons. The molecular weight excluding hydrogens is 196 g/mol. The molecule has 2 heteroatoms. The molecule has 1 N–H and O–H groups in total. The lowest BCUT2D eigenvalue weighted by molar-refractivity contribution is 0.116. The van der Waals surface area contributed by atoms with Crippen LogP contribution in [0, 0.1) is 5.92 Å². The summed E-state index contributed by atoms with van der Waals surface area (Å²) in [6, 6.07) is 1.66. The minimum absolute atomic E-state index is 0.765. The number of hydrogen-bond acceptors (Lipinski definition) is 2. The second kappa shape index (κ2) is 6.02. The van der Waals surface area contributed by atoms with Crippen LogP contribution in [-0.4, -0.2) is 36.6 Å². The van der Waals surface area contributed by atoms with E-state index < -0.39 is 0 Å². The molecule has 1 heterocycles. The van der Waals surface area contributed by atoms with Gasteiger partial charge in [0.15, 0.2) is 0 Å². The number of nitrogens with one attached hydrogen (secondary N) is 1. The molecule has 3 atom stereocenters. The average molecular weight is 224 g/mol. The topological polar surface area (TPSA) is 15.3 Å². The molecule has 16 heavy (non-hydrogen) atoms. The Balaban J connectivity index is 1.81. The highest BCUT2D eigenvalue weighted by Crippen LogP contribution is 2.31. The van der Waals surface area contributed by atoms with Gasteiger partial charge in [-0.15, -0.1) is 0 Å². The van der Waals surface area contributed by atoms with Gasteiger partial charge in [0.05, 0.1) is 0 Å². The van der Waals surface area contributed by atoms with Crippen molar-refractivity contribution in [3.8, 4) is 0 Å². The minimum atomic E-state index is 0.765. The molecule has 0 radical (unpaired) electrons. The van der Waals surface area contributed by atoms with E-state index >= 15 is 0 Å². The normalized spacial score (nSPS) is 36.8. The van der Waals surface area contributed by atoms with Crippen LogP contribution in [0.2, 0.25) is 0 Å². The number of nitrogens with zero attached hydrogens (tertiary/aromatic N) is 1. The third-order valence-electron chi connectivity index (χ3n) is 4.42. The predicted octanol–water partition coefficient (Wildman–Crippen LogP) is 2.64. The Morgan fingerprint density at radius 2 is 2.06 bits per heavy atom. The monoisotopic (exact) mass is 224 g/mol. The van der Waals surface area contributed by atoms with Gasteiger partial charge in [-0.05, 0) is 51.1 Å². The van der Waals surface area contributed by atoms with Gasteiger partial charge in [0.2, 0.25) is 0 Å². The smallest absolute Gasteiger partial charge is 0.0195 e. The van der Waals surface area contributed by atoms with E-state index in [1.54, 1.807) is 0 Å². The lowest BCUT2D eigenvalue weighted by atomic mass is 9.99. The van der Waals surface area contributed by atoms with Crippen molar-refractivity contribution in [2.75, 3.05) is 19.6 Å². The fraction of sp³-hybridized carbons (Fsp3) is 1.00. The summed E-state index contributed by atoms with van der Waals surface area (Å²) in [5.74, 6) is 0.935. The standard InChI is InChI=1S/C14H28N2/c1-3-9-15-13-7-5-10-16(11-13)14-8-4-6-12(14)2/h12-15H,3-11H2,1-2H3. The fourth-order valence-electron chi connectivity index (χ4n) is 3.49. The second-order valence-corrected chi connectivity index (χ2v) is 5.76. The first-order valence-electron chi connectivity index (χ1n) is 7.28. The molecule has 0 spiro atoms. The van der Waals surface area contributed by atoms with E-state index in [0.29, 0.717) is 0 Å². The van der Waals surface area contributed by atoms with Crippen LogP contribution >= 0.6 is 0 Å². The quantitative estimate of drug-likeness (QED) is 0.790. The highest BCUT2D eigenvalue weighted by atomic mass is 15.2. The second-order valence-electron chi connectivity index (χ2n) is 5.76. The molecule has 3 unspecified atom stereocenters. The molecule has 2 rings (SSSR count). The first kappa shape index (κ1) is 12.4. The van der Waals surface area contributed by atoms with Crippen molar-refractivity contribution in [2.24, 2.45) is 5.92 Å². The van der Waals surface area contributed by atoms with Gasteiger partial charge in [-0.3, -0.25) is 4.90 Å². The molecule has 0 aromatic rings. The molecule has 2 nitrogen and oxygen atoms in total. The Morgan fingerprint density at radius 3 is 2.75 bits per heavy atom. The molecule has 2 fully saturated rings. The minimum Gasteiger partial charge on any atom is -0.313 e. The molecule has 0 bridgehead atoms. The highest BCUT2D eigenvalue weighted by Gasteiger charge is 2.31. The summed E-state index contributed by atoms with van der Waals surface area (Å²) in [5, 5.41) is 3.70. The number of piperidine rings is 1. The van der Waals surface area contributed by atoms with Gasteiger partial charge in [0.1, 0.15) is 0 Å². The molecule has 1 aliphatic carbocycles. The van der Waals surface area contributed by atoms with Crippen molar-refractivity contribution < 1.29 is 0 Å². The SMILES string of the molecule is CCCNC1CCCN(C2CCCC2C)C1. The zero-order chi connectivity index (χ0) is 11.4. The molecule has 1 aliphatic heterocycles. The zero-order valence-electron chi connectivity index (χ0n) is 11.0. The van der Waals surface area contributed by atoms with E-state index in [-0.39, 0.29) is 0 Å². The van der Waals surface area contributed by atoms with Gasteiger partial charge in [0, 0.05) is 18.6 Å². The maximum absolute atomic E-state index is 3.70. The summed E-state index contributed by atoms with van der Waals surface area (Å²) < 4.78 is 0. The molecular formula is C14H28N2. The largest absolute Gasteiger partial charge is 0.313 e. The van der Waals surface area contributed by atoms with Crippen molar-refractivity contribution in [3.05, 3.63) is 0 Å². The molecule has 0 aromatic heterocycles. The molecule has 1 saturated carbocycles. The van der Waals surface area contributed by atoms with Crippen LogP contribution in [0.5, 0.6) is 0 Å². The van der Waals surface area contributed by atoms with Gasteiger partial charge in [0.25, 0.3) is 0 Å².